The molecule has 0 spiro atoms. The molecule has 0 saturated heterocycles. The first-order valence-corrected chi connectivity index (χ1v) is 6.61. The Balaban J connectivity index is 2.04. The predicted octanol–water partition coefficient (Wildman–Crippen LogP) is 3.31. The van der Waals surface area contributed by atoms with Crippen LogP contribution in [0.3, 0.4) is 0 Å². The van der Waals surface area contributed by atoms with Crippen molar-refractivity contribution in [2.75, 3.05) is 0 Å². The van der Waals surface area contributed by atoms with Gasteiger partial charge in [0.05, 0.1) is 17.1 Å². The van der Waals surface area contributed by atoms with Crippen LogP contribution in [0.2, 0.25) is 0 Å². The van der Waals surface area contributed by atoms with Gasteiger partial charge in [-0.2, -0.15) is 5.10 Å². The third kappa shape index (κ3) is 2.42. The van der Waals surface area contributed by atoms with E-state index in [-0.39, 0.29) is 0 Å². The maximum absolute atomic E-state index is 4.49. The monoisotopic (exact) mass is 314 g/mol. The average Bonchev–Trinajstić information content (AvgIpc) is 2.83. The van der Waals surface area contributed by atoms with Crippen molar-refractivity contribution in [1.82, 2.24) is 19.7 Å². The molecule has 0 fully saturated rings. The predicted molar refractivity (Wildman–Crippen MR) is 77.4 cm³/mol. The molecule has 0 aliphatic heterocycles. The molecule has 0 aliphatic carbocycles. The Bertz CT molecular complexity index is 689. The van der Waals surface area contributed by atoms with Crippen LogP contribution in [0.15, 0.2) is 53.3 Å². The first kappa shape index (κ1) is 12.0. The highest BCUT2D eigenvalue weighted by Crippen LogP contribution is 2.23. The van der Waals surface area contributed by atoms with Crippen LogP contribution in [-0.4, -0.2) is 19.7 Å². The maximum atomic E-state index is 4.49. The van der Waals surface area contributed by atoms with Crippen molar-refractivity contribution in [2.24, 2.45) is 7.05 Å². The van der Waals surface area contributed by atoms with Gasteiger partial charge in [-0.15, -0.1) is 0 Å². The smallest absolute Gasteiger partial charge is 0.111 e. The third-order valence-corrected chi connectivity index (χ3v) is 3.27. The van der Waals surface area contributed by atoms with Gasteiger partial charge in [-0.05, 0) is 46.3 Å². The zero-order valence-electron chi connectivity index (χ0n) is 10.3. The van der Waals surface area contributed by atoms with Gasteiger partial charge in [-0.1, -0.05) is 6.07 Å². The lowest BCUT2D eigenvalue weighted by Crippen LogP contribution is -1.95. The van der Waals surface area contributed by atoms with Crippen molar-refractivity contribution in [3.05, 3.63) is 53.3 Å². The number of halogens is 1. The van der Waals surface area contributed by atoms with Crippen molar-refractivity contribution in [3.8, 4) is 22.8 Å². The van der Waals surface area contributed by atoms with Crippen molar-refractivity contribution in [3.63, 3.8) is 0 Å². The summed E-state index contributed by atoms with van der Waals surface area (Å²) in [4.78, 5) is 8.70. The Morgan fingerprint density at radius 3 is 2.58 bits per heavy atom. The lowest BCUT2D eigenvalue weighted by Gasteiger charge is -1.98. The molecule has 5 heteroatoms. The second-order valence-electron chi connectivity index (χ2n) is 4.12. The van der Waals surface area contributed by atoms with Crippen LogP contribution in [0.25, 0.3) is 22.8 Å². The number of hydrogen-bond acceptors (Lipinski definition) is 3. The van der Waals surface area contributed by atoms with Crippen molar-refractivity contribution < 1.29 is 0 Å². The summed E-state index contributed by atoms with van der Waals surface area (Å²) < 4.78 is 2.78. The van der Waals surface area contributed by atoms with Gasteiger partial charge in [0.1, 0.15) is 5.69 Å². The van der Waals surface area contributed by atoms with E-state index < -0.39 is 0 Å². The van der Waals surface area contributed by atoms with Crippen LogP contribution in [-0.2, 0) is 7.05 Å². The van der Waals surface area contributed by atoms with Crippen LogP contribution in [0.1, 0.15) is 0 Å². The molecular formula is C14H11BrN4. The Morgan fingerprint density at radius 2 is 1.89 bits per heavy atom. The van der Waals surface area contributed by atoms with E-state index in [9.17, 15) is 0 Å². The molecule has 0 radical (unpaired) electrons. The molecule has 0 N–H and O–H groups in total. The largest absolute Gasteiger partial charge is 0.266 e. The summed E-state index contributed by atoms with van der Waals surface area (Å²) in [6.45, 7) is 0. The van der Waals surface area contributed by atoms with Gasteiger partial charge in [0, 0.05) is 23.9 Å². The first-order valence-electron chi connectivity index (χ1n) is 5.81. The quantitative estimate of drug-likeness (QED) is 0.729. The van der Waals surface area contributed by atoms with E-state index in [0.717, 1.165) is 27.2 Å². The maximum Gasteiger partial charge on any atom is 0.111 e. The summed E-state index contributed by atoms with van der Waals surface area (Å²) in [5, 5.41) is 4.49. The van der Waals surface area contributed by atoms with E-state index in [1.165, 1.54) is 0 Å². The Hall–Kier alpha value is -2.01. The first-order chi connectivity index (χ1) is 9.24. The summed E-state index contributed by atoms with van der Waals surface area (Å²) in [7, 11) is 1.91. The molecule has 0 aromatic carbocycles. The van der Waals surface area contributed by atoms with E-state index in [0.29, 0.717) is 0 Å². The Kier molecular flexibility index (Phi) is 3.13. The fourth-order valence-electron chi connectivity index (χ4n) is 1.87. The van der Waals surface area contributed by atoms with Gasteiger partial charge in [0.25, 0.3) is 0 Å². The minimum Gasteiger partial charge on any atom is -0.266 e. The number of aryl methyl sites for hydroxylation is 1. The zero-order valence-corrected chi connectivity index (χ0v) is 11.9. The highest BCUT2D eigenvalue weighted by atomic mass is 79.9. The number of pyridine rings is 2. The SMILES string of the molecule is Cn1nc(-c2ccc(Br)cn2)cc1-c1ccccn1. The Morgan fingerprint density at radius 1 is 1.00 bits per heavy atom. The van der Waals surface area contributed by atoms with Gasteiger partial charge in [-0.3, -0.25) is 14.6 Å². The molecule has 0 amide bonds. The number of nitrogens with zero attached hydrogens (tertiary/aromatic N) is 4. The van der Waals surface area contributed by atoms with E-state index in [1.807, 2.05) is 48.1 Å². The summed E-state index contributed by atoms with van der Waals surface area (Å²) in [5.74, 6) is 0. The molecule has 0 unspecified atom stereocenters. The lowest BCUT2D eigenvalue weighted by molar-refractivity contribution is 0.775. The van der Waals surface area contributed by atoms with Crippen molar-refractivity contribution >= 4 is 15.9 Å². The van der Waals surface area contributed by atoms with Gasteiger partial charge >= 0.3 is 0 Å². The molecule has 94 valence electrons. The summed E-state index contributed by atoms with van der Waals surface area (Å²) in [6, 6.07) is 11.7. The molecule has 3 aromatic heterocycles. The van der Waals surface area contributed by atoms with Gasteiger partial charge in [0.2, 0.25) is 0 Å². The zero-order chi connectivity index (χ0) is 13.2. The molecule has 0 aliphatic rings. The van der Waals surface area contributed by atoms with Crippen LogP contribution in [0, 0.1) is 0 Å². The highest BCUT2D eigenvalue weighted by molar-refractivity contribution is 9.10. The minimum absolute atomic E-state index is 0.843. The molecule has 4 nitrogen and oxygen atoms in total. The molecule has 19 heavy (non-hydrogen) atoms. The number of hydrogen-bond donors (Lipinski definition) is 0. The van der Waals surface area contributed by atoms with E-state index in [1.54, 1.807) is 12.4 Å². The number of aromatic nitrogens is 4. The summed E-state index contributed by atoms with van der Waals surface area (Å²) in [6.07, 6.45) is 3.55. The fourth-order valence-corrected chi connectivity index (χ4v) is 2.11. The minimum atomic E-state index is 0.843. The molecule has 3 rings (SSSR count). The fraction of sp³-hybridized carbons (Fsp3) is 0.0714. The second kappa shape index (κ2) is 4.93. The molecule has 0 bridgehead atoms. The normalized spacial score (nSPS) is 10.6. The van der Waals surface area contributed by atoms with Crippen LogP contribution in [0.4, 0.5) is 0 Å². The van der Waals surface area contributed by atoms with Crippen molar-refractivity contribution in [2.45, 2.75) is 0 Å². The summed E-state index contributed by atoms with van der Waals surface area (Å²) >= 11 is 3.38. The lowest BCUT2D eigenvalue weighted by atomic mass is 10.2. The van der Waals surface area contributed by atoms with E-state index in [2.05, 4.69) is 31.0 Å². The van der Waals surface area contributed by atoms with Crippen LogP contribution >= 0.6 is 15.9 Å². The standard InChI is InChI=1S/C14H11BrN4/c1-19-14(12-4-2-3-7-16-12)8-13(18-19)11-6-5-10(15)9-17-11/h2-9H,1H3. The molecular weight excluding hydrogens is 304 g/mol. The van der Waals surface area contributed by atoms with Gasteiger partial charge in [-0.25, -0.2) is 0 Å². The highest BCUT2D eigenvalue weighted by Gasteiger charge is 2.10. The molecule has 0 saturated carbocycles. The van der Waals surface area contributed by atoms with Gasteiger partial charge < -0.3 is 0 Å². The van der Waals surface area contributed by atoms with E-state index >= 15 is 0 Å². The molecule has 3 aromatic rings. The molecule has 3 heterocycles. The van der Waals surface area contributed by atoms with E-state index in [4.69, 9.17) is 0 Å². The third-order valence-electron chi connectivity index (χ3n) is 2.80. The summed E-state index contributed by atoms with van der Waals surface area (Å²) in [5.41, 5.74) is 3.57. The topological polar surface area (TPSA) is 43.6 Å². The number of rotatable bonds is 2. The Labute approximate surface area is 119 Å². The van der Waals surface area contributed by atoms with Crippen LogP contribution in [0.5, 0.6) is 0 Å². The molecule has 0 atom stereocenters. The average molecular weight is 315 g/mol. The van der Waals surface area contributed by atoms with Crippen molar-refractivity contribution in [1.29, 1.82) is 0 Å². The second-order valence-corrected chi connectivity index (χ2v) is 5.03. The van der Waals surface area contributed by atoms with Gasteiger partial charge in [0.15, 0.2) is 0 Å². The van der Waals surface area contributed by atoms with Crippen LogP contribution < -0.4 is 0 Å².